The summed E-state index contributed by atoms with van der Waals surface area (Å²) in [6.07, 6.45) is -0.351. The molecule has 192 valence electrons. The van der Waals surface area contributed by atoms with Crippen LogP contribution in [0.5, 0.6) is 0 Å². The van der Waals surface area contributed by atoms with Crippen LogP contribution in [0.1, 0.15) is 69.4 Å². The van der Waals surface area contributed by atoms with Crippen LogP contribution in [-0.2, 0) is 20.7 Å². The molecular formula is C25H38Cl2N2O5. The third kappa shape index (κ3) is 11.4. The van der Waals surface area contributed by atoms with E-state index in [4.69, 9.17) is 32.7 Å². The van der Waals surface area contributed by atoms with Crippen LogP contribution in [0.4, 0.5) is 4.79 Å². The molecule has 0 bridgehead atoms. The number of carbonyl (C=O) groups is 3. The van der Waals surface area contributed by atoms with Crippen LogP contribution in [0.3, 0.4) is 0 Å². The van der Waals surface area contributed by atoms with Gasteiger partial charge in [-0.15, -0.1) is 23.2 Å². The number of alkyl halides is 2. The maximum absolute atomic E-state index is 13.0. The lowest BCUT2D eigenvalue weighted by Gasteiger charge is -2.26. The molecule has 0 fully saturated rings. The van der Waals surface area contributed by atoms with Crippen molar-refractivity contribution in [2.75, 3.05) is 24.8 Å². The summed E-state index contributed by atoms with van der Waals surface area (Å²) in [7, 11) is 0. The van der Waals surface area contributed by atoms with Crippen LogP contribution < -0.4 is 5.32 Å². The van der Waals surface area contributed by atoms with Crippen molar-refractivity contribution < 1.29 is 23.9 Å². The van der Waals surface area contributed by atoms with Crippen LogP contribution in [0.15, 0.2) is 18.2 Å². The maximum Gasteiger partial charge on any atom is 0.407 e. The standard InChI is InChI=1S/C25H38Cl2N2O5/c1-17-8-9-18(22(31)29(12-10-26)13-11-27)14-19(17)15-20(16-21(30)33-24(2,3)4)28-23(32)34-25(5,6)7/h8-9,14,20H,10-13,15-16H2,1-7H3,(H,28,32)/t20-/m0/s1. The van der Waals surface area contributed by atoms with E-state index in [-0.39, 0.29) is 12.3 Å². The van der Waals surface area contributed by atoms with E-state index in [1.807, 2.05) is 13.0 Å². The molecule has 1 aromatic carbocycles. The van der Waals surface area contributed by atoms with Crippen molar-refractivity contribution in [1.29, 1.82) is 0 Å². The van der Waals surface area contributed by atoms with Gasteiger partial charge in [0.15, 0.2) is 0 Å². The molecule has 1 rings (SSSR count). The van der Waals surface area contributed by atoms with Gasteiger partial charge in [0.2, 0.25) is 0 Å². The Kier molecular flexibility index (Phi) is 11.7. The average Bonchev–Trinajstić information content (AvgIpc) is 2.65. The van der Waals surface area contributed by atoms with Gasteiger partial charge < -0.3 is 19.7 Å². The number of nitrogens with one attached hydrogen (secondary N) is 1. The first-order chi connectivity index (χ1) is 15.6. The molecule has 0 aliphatic carbocycles. The van der Waals surface area contributed by atoms with Crippen LogP contribution in [0.25, 0.3) is 0 Å². The summed E-state index contributed by atoms with van der Waals surface area (Å²) in [6.45, 7) is 13.3. The summed E-state index contributed by atoms with van der Waals surface area (Å²) in [4.78, 5) is 39.6. The van der Waals surface area contributed by atoms with Crippen molar-refractivity contribution >= 4 is 41.2 Å². The molecular weight excluding hydrogens is 479 g/mol. The van der Waals surface area contributed by atoms with E-state index in [0.29, 0.717) is 36.8 Å². The molecule has 34 heavy (non-hydrogen) atoms. The van der Waals surface area contributed by atoms with Gasteiger partial charge in [0.1, 0.15) is 11.2 Å². The topological polar surface area (TPSA) is 84.9 Å². The number of nitrogens with zero attached hydrogens (tertiary/aromatic N) is 1. The zero-order chi connectivity index (χ0) is 26.1. The lowest BCUT2D eigenvalue weighted by Crippen LogP contribution is -2.42. The van der Waals surface area contributed by atoms with Gasteiger partial charge in [-0.3, -0.25) is 9.59 Å². The van der Waals surface area contributed by atoms with Gasteiger partial charge in [-0.25, -0.2) is 4.79 Å². The number of ether oxygens (including phenoxy) is 2. The van der Waals surface area contributed by atoms with Gasteiger partial charge in [-0.1, -0.05) is 6.07 Å². The van der Waals surface area contributed by atoms with E-state index >= 15 is 0 Å². The van der Waals surface area contributed by atoms with Crippen molar-refractivity contribution in [2.24, 2.45) is 0 Å². The number of benzene rings is 1. The number of rotatable bonds is 10. The smallest absolute Gasteiger partial charge is 0.407 e. The van der Waals surface area contributed by atoms with Crippen LogP contribution in [0, 0.1) is 6.92 Å². The quantitative estimate of drug-likeness (QED) is 0.346. The number of alkyl carbamates (subject to hydrolysis) is 1. The molecule has 0 spiro atoms. The average molecular weight is 517 g/mol. The Labute approximate surface area is 213 Å². The first-order valence-corrected chi connectivity index (χ1v) is 12.4. The Morgan fingerprint density at radius 2 is 1.53 bits per heavy atom. The predicted octanol–water partition coefficient (Wildman–Crippen LogP) is 5.08. The first-order valence-electron chi connectivity index (χ1n) is 11.4. The fraction of sp³-hybridized carbons (Fsp3) is 0.640. The van der Waals surface area contributed by atoms with Crippen molar-refractivity contribution in [3.8, 4) is 0 Å². The fourth-order valence-corrected chi connectivity index (χ4v) is 3.63. The molecule has 9 heteroatoms. The molecule has 0 saturated heterocycles. The van der Waals surface area contributed by atoms with Gasteiger partial charge >= 0.3 is 12.1 Å². The largest absolute Gasteiger partial charge is 0.460 e. The lowest BCUT2D eigenvalue weighted by molar-refractivity contribution is -0.155. The maximum atomic E-state index is 13.0. The minimum atomic E-state index is -0.683. The van der Waals surface area contributed by atoms with E-state index in [0.717, 1.165) is 11.1 Å². The highest BCUT2D eigenvalue weighted by Gasteiger charge is 2.25. The Morgan fingerprint density at radius 3 is 2.03 bits per heavy atom. The van der Waals surface area contributed by atoms with Crippen LogP contribution >= 0.6 is 23.2 Å². The minimum absolute atomic E-state index is 0.0429. The second-order valence-electron chi connectivity index (χ2n) is 10.1. The monoisotopic (exact) mass is 516 g/mol. The SMILES string of the molecule is Cc1ccc(C(=O)N(CCCl)CCCl)cc1C[C@@H](CC(=O)OC(C)(C)C)NC(=O)OC(C)(C)C. The molecule has 0 heterocycles. The molecule has 0 radical (unpaired) electrons. The van der Waals surface area contributed by atoms with E-state index in [1.54, 1.807) is 58.6 Å². The van der Waals surface area contributed by atoms with Gasteiger partial charge in [-0.05, 0) is 78.1 Å². The Balaban J connectivity index is 3.16. The Morgan fingerprint density at radius 1 is 0.971 bits per heavy atom. The molecule has 1 aromatic rings. The molecule has 0 aromatic heterocycles. The fourth-order valence-electron chi connectivity index (χ4n) is 3.22. The number of amides is 2. The highest BCUT2D eigenvalue weighted by atomic mass is 35.5. The number of esters is 1. The minimum Gasteiger partial charge on any atom is -0.460 e. The first kappa shape index (κ1) is 30.0. The summed E-state index contributed by atoms with van der Waals surface area (Å²) in [5.41, 5.74) is 0.913. The zero-order valence-electron chi connectivity index (χ0n) is 21.3. The normalized spacial score (nSPS) is 12.6. The van der Waals surface area contributed by atoms with Crippen molar-refractivity contribution in [3.63, 3.8) is 0 Å². The summed E-state index contributed by atoms with van der Waals surface area (Å²) >= 11 is 11.7. The van der Waals surface area contributed by atoms with Crippen molar-refractivity contribution in [1.82, 2.24) is 10.2 Å². The third-order valence-electron chi connectivity index (χ3n) is 4.61. The highest BCUT2D eigenvalue weighted by Crippen LogP contribution is 2.18. The van der Waals surface area contributed by atoms with Gasteiger partial charge in [-0.2, -0.15) is 0 Å². The number of aryl methyl sites for hydroxylation is 1. The molecule has 0 saturated carbocycles. The Bertz CT molecular complexity index is 811. The van der Waals surface area contributed by atoms with Crippen molar-refractivity contribution in [3.05, 3.63) is 34.9 Å². The number of carbonyl (C=O) groups excluding carboxylic acids is 3. The molecule has 1 N–H and O–H groups in total. The summed E-state index contributed by atoms with van der Waals surface area (Å²) in [5.74, 6) is -0.00158. The van der Waals surface area contributed by atoms with E-state index < -0.39 is 29.3 Å². The van der Waals surface area contributed by atoms with Crippen LogP contribution in [0.2, 0.25) is 0 Å². The predicted molar refractivity (Wildman–Crippen MR) is 136 cm³/mol. The second kappa shape index (κ2) is 13.2. The summed E-state index contributed by atoms with van der Waals surface area (Å²) < 4.78 is 10.8. The van der Waals surface area contributed by atoms with Crippen LogP contribution in [-0.4, -0.2) is 65.0 Å². The molecule has 7 nitrogen and oxygen atoms in total. The van der Waals surface area contributed by atoms with Gasteiger partial charge in [0.25, 0.3) is 5.91 Å². The zero-order valence-corrected chi connectivity index (χ0v) is 22.8. The van der Waals surface area contributed by atoms with E-state index in [1.165, 1.54) is 0 Å². The Hall–Kier alpha value is -1.99. The number of halogens is 2. The van der Waals surface area contributed by atoms with Gasteiger partial charge in [0, 0.05) is 36.5 Å². The molecule has 1 atom stereocenters. The van der Waals surface area contributed by atoms with Gasteiger partial charge in [0.05, 0.1) is 6.42 Å². The van der Waals surface area contributed by atoms with E-state index in [9.17, 15) is 14.4 Å². The molecule has 0 aliphatic rings. The number of hydrogen-bond donors (Lipinski definition) is 1. The highest BCUT2D eigenvalue weighted by molar-refractivity contribution is 6.18. The van der Waals surface area contributed by atoms with E-state index in [2.05, 4.69) is 5.32 Å². The summed E-state index contributed by atoms with van der Waals surface area (Å²) in [6, 6.07) is 4.79. The molecule has 0 aliphatic heterocycles. The third-order valence-corrected chi connectivity index (χ3v) is 4.95. The number of hydrogen-bond acceptors (Lipinski definition) is 5. The molecule has 0 unspecified atom stereocenters. The summed E-state index contributed by atoms with van der Waals surface area (Å²) in [5, 5.41) is 2.79. The lowest BCUT2D eigenvalue weighted by atomic mass is 9.96. The van der Waals surface area contributed by atoms with Crippen molar-refractivity contribution in [2.45, 2.75) is 78.6 Å². The second-order valence-corrected chi connectivity index (χ2v) is 10.9. The molecule has 2 amide bonds.